The summed E-state index contributed by atoms with van der Waals surface area (Å²) in [6.07, 6.45) is 12.0. The van der Waals surface area contributed by atoms with Crippen LogP contribution in [0, 0.1) is 18.4 Å². The summed E-state index contributed by atoms with van der Waals surface area (Å²) < 4.78 is 2.88. The summed E-state index contributed by atoms with van der Waals surface area (Å²) in [7, 11) is 0. The van der Waals surface area contributed by atoms with Gasteiger partial charge in [0.25, 0.3) is 0 Å². The van der Waals surface area contributed by atoms with E-state index in [4.69, 9.17) is 0 Å². The lowest BCUT2D eigenvalue weighted by molar-refractivity contribution is -0.943. The summed E-state index contributed by atoms with van der Waals surface area (Å²) in [6, 6.07) is 0. The van der Waals surface area contributed by atoms with Crippen LogP contribution in [0.3, 0.4) is 0 Å². The van der Waals surface area contributed by atoms with Crippen molar-refractivity contribution in [1.29, 1.82) is 0 Å². The lowest BCUT2D eigenvalue weighted by Crippen LogP contribution is -2.58. The maximum Gasteiger partial charge on any atom is 0.142 e. The quantitative estimate of drug-likeness (QED) is 0.551. The largest absolute Gasteiger partial charge is 0.412 e. The zero-order valence-corrected chi connectivity index (χ0v) is 13.7. The van der Waals surface area contributed by atoms with Gasteiger partial charge in [0.1, 0.15) is 6.54 Å². The van der Waals surface area contributed by atoms with Gasteiger partial charge in [0.15, 0.2) is 0 Å². The molecule has 0 saturated carbocycles. The van der Waals surface area contributed by atoms with Gasteiger partial charge in [-0.3, -0.25) is 0 Å². The molecule has 2 N–H and O–H groups in total. The van der Waals surface area contributed by atoms with Crippen LogP contribution in [-0.4, -0.2) is 60.3 Å². The number of nitrogens with zero attached hydrogens (tertiary/aromatic N) is 2. The molecule has 0 unspecified atom stereocenters. The Morgan fingerprint density at radius 2 is 1.19 bits per heavy atom. The summed E-state index contributed by atoms with van der Waals surface area (Å²) >= 11 is 0. The average molecular weight is 295 g/mol. The molecule has 0 aromatic heterocycles. The molecule has 4 bridgehead atoms. The van der Waals surface area contributed by atoms with E-state index in [1.54, 1.807) is 0 Å². The predicted molar refractivity (Wildman–Crippen MR) is 86.4 cm³/mol. The Kier molecular flexibility index (Phi) is 4.63. The predicted octanol–water partition coefficient (Wildman–Crippen LogP) is 2.36. The van der Waals surface area contributed by atoms with Crippen LogP contribution >= 0.6 is 0 Å². The molecule has 1 radical (unpaired) electrons. The first-order valence-electron chi connectivity index (χ1n) is 9.33. The summed E-state index contributed by atoms with van der Waals surface area (Å²) in [4.78, 5) is 0. The van der Waals surface area contributed by atoms with Gasteiger partial charge in [0, 0.05) is 12.8 Å². The Hall–Kier alpha value is -0.120. The fourth-order valence-electron chi connectivity index (χ4n) is 5.63. The van der Waals surface area contributed by atoms with Gasteiger partial charge in [-0.1, -0.05) is 0 Å². The van der Waals surface area contributed by atoms with Crippen molar-refractivity contribution in [3.63, 3.8) is 0 Å². The van der Waals surface area contributed by atoms with Crippen LogP contribution in [-0.2, 0) is 0 Å². The second-order valence-electron chi connectivity index (χ2n) is 8.41. The van der Waals surface area contributed by atoms with Crippen LogP contribution in [0.4, 0.5) is 0 Å². The second-order valence-corrected chi connectivity index (χ2v) is 8.41. The smallest absolute Gasteiger partial charge is 0.142 e. The highest BCUT2D eigenvalue weighted by Crippen LogP contribution is 2.36. The lowest BCUT2D eigenvalue weighted by atomic mass is 9.85. The van der Waals surface area contributed by atoms with E-state index in [9.17, 15) is 0 Å². The third-order valence-electron chi connectivity index (χ3n) is 7.34. The highest BCUT2D eigenvalue weighted by Gasteiger charge is 2.41. The third-order valence-corrected chi connectivity index (χ3v) is 7.34. The molecular formula is C18H35N2O+2. The van der Waals surface area contributed by atoms with Crippen molar-refractivity contribution in [3.05, 3.63) is 6.54 Å². The minimum Gasteiger partial charge on any atom is -0.412 e. The van der Waals surface area contributed by atoms with Crippen molar-refractivity contribution in [3.8, 4) is 0 Å². The first-order chi connectivity index (χ1) is 9.78. The van der Waals surface area contributed by atoms with Gasteiger partial charge in [-0.05, 0) is 50.4 Å². The topological polar surface area (TPSA) is 31.5 Å². The average Bonchev–Trinajstić information content (AvgIpc) is 2.55. The summed E-state index contributed by atoms with van der Waals surface area (Å²) in [5.74, 6) is 2.20. The zero-order chi connectivity index (χ0) is 13.5. The maximum absolute atomic E-state index is 2.73. The minimum absolute atomic E-state index is 0. The van der Waals surface area contributed by atoms with Gasteiger partial charge in [-0.25, -0.2) is 0 Å². The highest BCUT2D eigenvalue weighted by molar-refractivity contribution is 4.75. The molecule has 6 fully saturated rings. The third kappa shape index (κ3) is 3.16. The van der Waals surface area contributed by atoms with E-state index in [0.717, 1.165) is 11.8 Å². The van der Waals surface area contributed by atoms with Gasteiger partial charge in [0.2, 0.25) is 0 Å². The normalized spacial score (nSPS) is 44.6. The Balaban J connectivity index is 0.00000132. The molecule has 0 aromatic carbocycles. The molecule has 0 atom stereocenters. The van der Waals surface area contributed by atoms with E-state index < -0.39 is 0 Å². The molecule has 6 rings (SSSR count). The molecule has 6 aliphatic rings. The first-order valence-corrected chi connectivity index (χ1v) is 9.33. The van der Waals surface area contributed by atoms with Crippen LogP contribution in [0.5, 0.6) is 0 Å². The molecule has 6 aliphatic heterocycles. The van der Waals surface area contributed by atoms with Crippen LogP contribution in [0.1, 0.15) is 51.4 Å². The zero-order valence-electron chi connectivity index (χ0n) is 13.7. The highest BCUT2D eigenvalue weighted by atomic mass is 16.0. The summed E-state index contributed by atoms with van der Waals surface area (Å²) in [6.45, 7) is 13.1. The second kappa shape index (κ2) is 6.17. The van der Waals surface area contributed by atoms with Crippen LogP contribution in [0.25, 0.3) is 0 Å². The van der Waals surface area contributed by atoms with Gasteiger partial charge < -0.3 is 14.4 Å². The molecule has 0 aliphatic carbocycles. The monoisotopic (exact) mass is 295 g/mol. The number of fused-ring (bicyclic) bond motifs is 6. The Morgan fingerprint density at radius 3 is 1.71 bits per heavy atom. The number of quaternary nitrogens is 2. The molecule has 121 valence electrons. The number of rotatable bonds is 5. The van der Waals surface area contributed by atoms with Crippen molar-refractivity contribution >= 4 is 0 Å². The molecule has 0 amide bonds. The number of hydrogen-bond acceptors (Lipinski definition) is 0. The van der Waals surface area contributed by atoms with Crippen molar-refractivity contribution < 1.29 is 14.4 Å². The SMILES string of the molecule is O.[CH](CCC[N+]12CCC(CC1)CC2)[N+]12CCC(CC1)CC2. The van der Waals surface area contributed by atoms with E-state index in [2.05, 4.69) is 6.54 Å². The van der Waals surface area contributed by atoms with E-state index in [0.29, 0.717) is 0 Å². The van der Waals surface area contributed by atoms with E-state index in [-0.39, 0.29) is 5.48 Å². The molecule has 3 nitrogen and oxygen atoms in total. The fourth-order valence-corrected chi connectivity index (χ4v) is 5.63. The van der Waals surface area contributed by atoms with Gasteiger partial charge >= 0.3 is 0 Å². The van der Waals surface area contributed by atoms with Crippen LogP contribution in [0.15, 0.2) is 0 Å². The first kappa shape index (κ1) is 15.8. The number of piperidine rings is 6. The molecule has 21 heavy (non-hydrogen) atoms. The Morgan fingerprint density at radius 1 is 0.714 bits per heavy atom. The van der Waals surface area contributed by atoms with Crippen molar-refractivity contribution in [2.75, 3.05) is 45.8 Å². The molecule has 3 heteroatoms. The molecular weight excluding hydrogens is 260 g/mol. The van der Waals surface area contributed by atoms with E-state index in [1.807, 2.05) is 0 Å². The molecule has 6 heterocycles. The lowest BCUT2D eigenvalue weighted by Gasteiger charge is -2.50. The number of unbranched alkanes of at least 4 members (excludes halogenated alkanes) is 1. The van der Waals surface area contributed by atoms with Gasteiger partial charge in [0.05, 0.1) is 45.8 Å². The van der Waals surface area contributed by atoms with Gasteiger partial charge in [-0.15, -0.1) is 0 Å². The van der Waals surface area contributed by atoms with Gasteiger partial charge in [-0.2, -0.15) is 0 Å². The summed E-state index contributed by atoms with van der Waals surface area (Å²) in [5.41, 5.74) is 0. The number of hydrogen-bond donors (Lipinski definition) is 0. The molecule has 0 aromatic rings. The molecule has 6 saturated heterocycles. The molecule has 0 spiro atoms. The standard InChI is InChI=1S/C18H33N2.H2O/c1(9-19-11-3-17(4-12-19)5-13-19)2-10-20-14-6-18(7-15-20)8-16-20;/h9,17-18H,1-8,10-16H2;1H2/q+2;. The van der Waals surface area contributed by atoms with E-state index in [1.165, 1.54) is 106 Å². The maximum atomic E-state index is 2.73. The van der Waals surface area contributed by atoms with Crippen molar-refractivity contribution in [2.45, 2.75) is 51.4 Å². The Bertz CT molecular complexity index is 280. The van der Waals surface area contributed by atoms with E-state index >= 15 is 0 Å². The van der Waals surface area contributed by atoms with Crippen LogP contribution in [0.2, 0.25) is 0 Å². The van der Waals surface area contributed by atoms with Crippen molar-refractivity contribution in [1.82, 2.24) is 0 Å². The minimum atomic E-state index is 0. The van der Waals surface area contributed by atoms with Crippen LogP contribution < -0.4 is 0 Å². The van der Waals surface area contributed by atoms with Crippen molar-refractivity contribution in [2.24, 2.45) is 11.8 Å². The fraction of sp³-hybridized carbons (Fsp3) is 0.944. The summed E-state index contributed by atoms with van der Waals surface area (Å²) in [5, 5.41) is 0. The Labute approximate surface area is 130 Å².